The minimum atomic E-state index is -0.232. The van der Waals surface area contributed by atoms with Crippen molar-refractivity contribution in [1.29, 1.82) is 0 Å². The van der Waals surface area contributed by atoms with Gasteiger partial charge < -0.3 is 9.26 Å². The molecule has 0 aliphatic heterocycles. The lowest BCUT2D eigenvalue weighted by Gasteiger charge is -2.10. The number of amides is 1. The first-order chi connectivity index (χ1) is 10.8. The van der Waals surface area contributed by atoms with Crippen LogP contribution in [-0.2, 0) is 24.1 Å². The van der Waals surface area contributed by atoms with Gasteiger partial charge >= 0.3 is 0 Å². The Morgan fingerprint density at radius 1 is 1.27 bits per heavy atom. The Balaban J connectivity index is 1.55. The van der Waals surface area contributed by atoms with Gasteiger partial charge in [-0.2, -0.15) is 0 Å². The van der Waals surface area contributed by atoms with Gasteiger partial charge in [0, 0.05) is 5.56 Å². The Morgan fingerprint density at radius 3 is 2.82 bits per heavy atom. The molecule has 1 N–H and O–H groups in total. The normalized spacial score (nSPS) is 13.5. The van der Waals surface area contributed by atoms with E-state index in [9.17, 15) is 4.79 Å². The number of rotatable bonds is 5. The van der Waals surface area contributed by atoms with Crippen LogP contribution in [-0.4, -0.2) is 17.7 Å². The zero-order chi connectivity index (χ0) is 15.4. The maximum atomic E-state index is 12.0. The van der Waals surface area contributed by atoms with E-state index in [4.69, 9.17) is 9.26 Å². The minimum Gasteiger partial charge on any atom is -0.484 e. The van der Waals surface area contributed by atoms with Crippen molar-refractivity contribution >= 4 is 11.8 Å². The molecule has 0 atom stereocenters. The largest absolute Gasteiger partial charge is 0.484 e. The SMILES string of the molecule is CCc1ccc(OCC(=O)Nc2onc3c2CCCC3)cc1. The second-order valence-electron chi connectivity index (χ2n) is 5.48. The number of ether oxygens (including phenoxy) is 1. The second kappa shape index (κ2) is 6.64. The molecular weight excluding hydrogens is 280 g/mol. The van der Waals surface area contributed by atoms with Gasteiger partial charge in [0.25, 0.3) is 5.91 Å². The molecule has 5 heteroatoms. The van der Waals surface area contributed by atoms with Crippen molar-refractivity contribution in [2.24, 2.45) is 0 Å². The lowest BCUT2D eigenvalue weighted by molar-refractivity contribution is -0.118. The third kappa shape index (κ3) is 3.30. The molecule has 1 aliphatic rings. The topological polar surface area (TPSA) is 64.4 Å². The average molecular weight is 300 g/mol. The van der Waals surface area contributed by atoms with Crippen molar-refractivity contribution in [1.82, 2.24) is 5.16 Å². The Labute approximate surface area is 129 Å². The summed E-state index contributed by atoms with van der Waals surface area (Å²) in [5.41, 5.74) is 3.25. The highest BCUT2D eigenvalue weighted by Crippen LogP contribution is 2.27. The van der Waals surface area contributed by atoms with Crippen LogP contribution in [0.1, 0.15) is 36.6 Å². The highest BCUT2D eigenvalue weighted by atomic mass is 16.5. The van der Waals surface area contributed by atoms with E-state index in [2.05, 4.69) is 17.4 Å². The predicted molar refractivity (Wildman–Crippen MR) is 83.1 cm³/mol. The summed E-state index contributed by atoms with van der Waals surface area (Å²) in [6.07, 6.45) is 5.06. The number of fused-ring (bicyclic) bond motifs is 1. The van der Waals surface area contributed by atoms with Crippen molar-refractivity contribution in [3.8, 4) is 5.75 Å². The molecule has 0 bridgehead atoms. The standard InChI is InChI=1S/C17H20N2O3/c1-2-12-7-9-13(10-8-12)21-11-16(20)18-17-14-5-3-4-6-15(14)19-22-17/h7-10H,2-6,11H2,1H3,(H,18,20). The molecule has 22 heavy (non-hydrogen) atoms. The summed E-state index contributed by atoms with van der Waals surface area (Å²) in [6, 6.07) is 7.75. The molecule has 0 radical (unpaired) electrons. The van der Waals surface area contributed by atoms with E-state index in [1.807, 2.05) is 24.3 Å². The Morgan fingerprint density at radius 2 is 2.05 bits per heavy atom. The van der Waals surface area contributed by atoms with Crippen molar-refractivity contribution in [3.63, 3.8) is 0 Å². The lowest BCUT2D eigenvalue weighted by Crippen LogP contribution is -2.20. The Kier molecular flexibility index (Phi) is 4.42. The molecular formula is C17H20N2O3. The first kappa shape index (κ1) is 14.6. The zero-order valence-electron chi connectivity index (χ0n) is 12.7. The number of nitrogens with one attached hydrogen (secondary N) is 1. The monoisotopic (exact) mass is 300 g/mol. The molecule has 116 valence electrons. The minimum absolute atomic E-state index is 0.0407. The molecule has 5 nitrogen and oxygen atoms in total. The molecule has 1 aromatic heterocycles. The van der Waals surface area contributed by atoms with Crippen LogP contribution >= 0.6 is 0 Å². The van der Waals surface area contributed by atoms with Crippen LogP contribution in [0, 0.1) is 0 Å². The van der Waals surface area contributed by atoms with Gasteiger partial charge in [-0.25, -0.2) is 0 Å². The third-order valence-corrected chi connectivity index (χ3v) is 3.91. The number of aryl methyl sites for hydroxylation is 2. The summed E-state index contributed by atoms with van der Waals surface area (Å²) in [7, 11) is 0. The fraction of sp³-hybridized carbons (Fsp3) is 0.412. The molecule has 0 saturated carbocycles. The average Bonchev–Trinajstić information content (AvgIpc) is 2.97. The number of carbonyl (C=O) groups is 1. The molecule has 3 rings (SSSR count). The summed E-state index contributed by atoms with van der Waals surface area (Å²) in [5, 5.41) is 6.77. The highest BCUT2D eigenvalue weighted by molar-refractivity contribution is 5.91. The molecule has 1 aliphatic carbocycles. The summed E-state index contributed by atoms with van der Waals surface area (Å²) in [5.74, 6) is 0.931. The molecule has 0 fully saturated rings. The van der Waals surface area contributed by atoms with Gasteiger partial charge in [0.2, 0.25) is 5.88 Å². The van der Waals surface area contributed by atoms with Crippen LogP contribution in [0.2, 0.25) is 0 Å². The molecule has 1 aromatic carbocycles. The Hall–Kier alpha value is -2.30. The fourth-order valence-corrected chi connectivity index (χ4v) is 2.62. The van der Waals surface area contributed by atoms with Gasteiger partial charge in [0.05, 0.1) is 5.69 Å². The number of benzene rings is 1. The number of aromatic nitrogens is 1. The van der Waals surface area contributed by atoms with Crippen LogP contribution in [0.5, 0.6) is 5.75 Å². The van der Waals surface area contributed by atoms with E-state index in [-0.39, 0.29) is 12.5 Å². The van der Waals surface area contributed by atoms with E-state index in [0.717, 1.165) is 43.4 Å². The van der Waals surface area contributed by atoms with Gasteiger partial charge in [0.1, 0.15) is 5.75 Å². The molecule has 1 amide bonds. The molecule has 2 aromatic rings. The van der Waals surface area contributed by atoms with Gasteiger partial charge in [0.15, 0.2) is 6.61 Å². The number of nitrogens with zero attached hydrogens (tertiary/aromatic N) is 1. The van der Waals surface area contributed by atoms with Gasteiger partial charge in [-0.05, 0) is 49.8 Å². The van der Waals surface area contributed by atoms with Crippen LogP contribution in [0.25, 0.3) is 0 Å². The number of hydrogen-bond donors (Lipinski definition) is 1. The third-order valence-electron chi connectivity index (χ3n) is 3.91. The number of hydrogen-bond acceptors (Lipinski definition) is 4. The maximum absolute atomic E-state index is 12.0. The first-order valence-electron chi connectivity index (χ1n) is 7.75. The Bertz CT molecular complexity index is 646. The van der Waals surface area contributed by atoms with Gasteiger partial charge in [-0.15, -0.1) is 0 Å². The number of carbonyl (C=O) groups excluding carboxylic acids is 1. The van der Waals surface area contributed by atoms with Crippen LogP contribution in [0.15, 0.2) is 28.8 Å². The van der Waals surface area contributed by atoms with Gasteiger partial charge in [-0.3, -0.25) is 10.1 Å². The highest BCUT2D eigenvalue weighted by Gasteiger charge is 2.20. The fourth-order valence-electron chi connectivity index (χ4n) is 2.62. The number of anilines is 1. The van der Waals surface area contributed by atoms with Crippen molar-refractivity contribution in [2.75, 3.05) is 11.9 Å². The quantitative estimate of drug-likeness (QED) is 0.921. The summed E-state index contributed by atoms with van der Waals surface area (Å²) in [4.78, 5) is 12.0. The molecule has 0 saturated heterocycles. The summed E-state index contributed by atoms with van der Waals surface area (Å²) < 4.78 is 10.7. The summed E-state index contributed by atoms with van der Waals surface area (Å²) >= 11 is 0. The zero-order valence-corrected chi connectivity index (χ0v) is 12.7. The van der Waals surface area contributed by atoms with Crippen molar-refractivity contribution in [2.45, 2.75) is 39.0 Å². The molecule has 0 spiro atoms. The summed E-state index contributed by atoms with van der Waals surface area (Å²) in [6.45, 7) is 2.06. The lowest BCUT2D eigenvalue weighted by atomic mass is 9.98. The predicted octanol–water partition coefficient (Wildman–Crippen LogP) is 3.13. The van der Waals surface area contributed by atoms with E-state index in [0.29, 0.717) is 11.6 Å². The van der Waals surface area contributed by atoms with Crippen LogP contribution in [0.4, 0.5) is 5.88 Å². The van der Waals surface area contributed by atoms with Crippen molar-refractivity contribution in [3.05, 3.63) is 41.1 Å². The van der Waals surface area contributed by atoms with Crippen LogP contribution < -0.4 is 10.1 Å². The maximum Gasteiger partial charge on any atom is 0.264 e. The first-order valence-corrected chi connectivity index (χ1v) is 7.75. The van der Waals surface area contributed by atoms with Crippen LogP contribution in [0.3, 0.4) is 0 Å². The van der Waals surface area contributed by atoms with Crippen molar-refractivity contribution < 1.29 is 14.1 Å². The second-order valence-corrected chi connectivity index (χ2v) is 5.48. The van der Waals surface area contributed by atoms with E-state index >= 15 is 0 Å². The van der Waals surface area contributed by atoms with E-state index < -0.39 is 0 Å². The smallest absolute Gasteiger partial charge is 0.264 e. The molecule has 0 unspecified atom stereocenters. The molecule has 1 heterocycles. The van der Waals surface area contributed by atoms with Gasteiger partial charge in [-0.1, -0.05) is 24.2 Å². The van der Waals surface area contributed by atoms with E-state index in [1.165, 1.54) is 5.56 Å². The van der Waals surface area contributed by atoms with E-state index in [1.54, 1.807) is 0 Å².